The fourth-order valence-electron chi connectivity index (χ4n) is 3.20. The average Bonchev–Trinajstić information content (AvgIpc) is 3.04. The summed E-state index contributed by atoms with van der Waals surface area (Å²) in [7, 11) is -3.10. The molecule has 2 fully saturated rings. The van der Waals surface area contributed by atoms with Crippen molar-refractivity contribution in [1.82, 2.24) is 5.32 Å². The summed E-state index contributed by atoms with van der Waals surface area (Å²) in [5.74, 6) is -0.251. The molecule has 0 bridgehead atoms. The average molecular weight is 440 g/mol. The van der Waals surface area contributed by atoms with Crippen LogP contribution in [0.1, 0.15) is 27.2 Å². The predicted octanol–water partition coefficient (Wildman–Crippen LogP) is 2.20. The van der Waals surface area contributed by atoms with E-state index in [2.05, 4.69) is 10.3 Å². The van der Waals surface area contributed by atoms with Crippen molar-refractivity contribution in [2.75, 3.05) is 23.0 Å². The molecule has 2 amide bonds. The minimum atomic E-state index is -3.10. The molecule has 158 valence electrons. The number of alkyl carbamates (subject to hydrolysis) is 1. The van der Waals surface area contributed by atoms with E-state index in [9.17, 15) is 18.0 Å². The number of thioether (sulfide) groups is 1. The lowest BCUT2D eigenvalue weighted by molar-refractivity contribution is -0.117. The van der Waals surface area contributed by atoms with E-state index in [0.717, 1.165) is 5.69 Å². The first-order valence-electron chi connectivity index (χ1n) is 9.34. The number of carbonyl (C=O) groups excluding carboxylic acids is 2. The largest absolute Gasteiger partial charge is 0.444 e. The van der Waals surface area contributed by atoms with Crippen LogP contribution in [0.3, 0.4) is 0 Å². The maximum absolute atomic E-state index is 12.4. The number of sulfone groups is 1. The number of aliphatic imine (C=N–C) groups is 1. The molecular weight excluding hydrogens is 414 g/mol. The summed E-state index contributed by atoms with van der Waals surface area (Å²) in [6.45, 7) is 5.39. The van der Waals surface area contributed by atoms with Gasteiger partial charge >= 0.3 is 6.09 Å². The van der Waals surface area contributed by atoms with Gasteiger partial charge < -0.3 is 15.0 Å². The minimum absolute atomic E-state index is 0.0273. The van der Waals surface area contributed by atoms with Gasteiger partial charge in [0, 0.05) is 23.9 Å². The molecule has 2 aliphatic heterocycles. The van der Waals surface area contributed by atoms with Gasteiger partial charge in [-0.3, -0.25) is 4.79 Å². The number of hydrogen-bond acceptors (Lipinski definition) is 6. The number of para-hydroxylation sites is 1. The first-order chi connectivity index (χ1) is 13.5. The summed E-state index contributed by atoms with van der Waals surface area (Å²) >= 11 is 1.33. The van der Waals surface area contributed by atoms with E-state index < -0.39 is 21.5 Å². The van der Waals surface area contributed by atoms with Crippen LogP contribution in [0.4, 0.5) is 10.5 Å². The third-order valence-electron chi connectivity index (χ3n) is 4.33. The number of nitrogens with one attached hydrogen (secondary N) is 1. The van der Waals surface area contributed by atoms with Gasteiger partial charge in [0.2, 0.25) is 5.91 Å². The van der Waals surface area contributed by atoms with Gasteiger partial charge in [0.15, 0.2) is 15.0 Å². The lowest BCUT2D eigenvalue weighted by Crippen LogP contribution is -2.37. The van der Waals surface area contributed by atoms with Crippen molar-refractivity contribution in [1.29, 1.82) is 0 Å². The number of anilines is 1. The number of fused-ring (bicyclic) bond motifs is 1. The zero-order chi connectivity index (χ0) is 21.2. The molecule has 10 heteroatoms. The Morgan fingerprint density at radius 1 is 1.24 bits per heavy atom. The molecule has 2 atom stereocenters. The molecule has 1 aromatic rings. The maximum Gasteiger partial charge on any atom is 0.407 e. The van der Waals surface area contributed by atoms with E-state index in [1.165, 1.54) is 11.8 Å². The van der Waals surface area contributed by atoms with Crippen LogP contribution in [0.5, 0.6) is 0 Å². The van der Waals surface area contributed by atoms with Crippen LogP contribution in [0.15, 0.2) is 35.3 Å². The zero-order valence-corrected chi connectivity index (χ0v) is 18.3. The number of hydrogen-bond donors (Lipinski definition) is 1. The smallest absolute Gasteiger partial charge is 0.407 e. The molecule has 2 heterocycles. The van der Waals surface area contributed by atoms with Crippen molar-refractivity contribution < 1.29 is 22.7 Å². The van der Waals surface area contributed by atoms with Crippen molar-refractivity contribution in [2.24, 2.45) is 4.99 Å². The first-order valence-corrected chi connectivity index (χ1v) is 12.0. The summed E-state index contributed by atoms with van der Waals surface area (Å²) in [5, 5.41) is 2.89. The van der Waals surface area contributed by atoms with Gasteiger partial charge in [-0.05, 0) is 32.9 Å². The number of amides is 2. The van der Waals surface area contributed by atoms with Gasteiger partial charge in [-0.1, -0.05) is 30.0 Å². The van der Waals surface area contributed by atoms with Crippen molar-refractivity contribution in [3.63, 3.8) is 0 Å². The Hall–Kier alpha value is -2.07. The number of rotatable bonds is 4. The first kappa shape index (κ1) is 21.6. The lowest BCUT2D eigenvalue weighted by Gasteiger charge is -2.24. The number of amidine groups is 1. The number of ether oxygens (including phenoxy) is 1. The molecule has 0 aromatic heterocycles. The second kappa shape index (κ2) is 8.35. The number of carbonyl (C=O) groups is 2. The quantitative estimate of drug-likeness (QED) is 0.767. The summed E-state index contributed by atoms with van der Waals surface area (Å²) < 4.78 is 29.2. The molecule has 0 aliphatic carbocycles. The molecule has 2 saturated heterocycles. The molecular formula is C19H25N3O5S2. The highest BCUT2D eigenvalue weighted by molar-refractivity contribution is 8.16. The van der Waals surface area contributed by atoms with Crippen molar-refractivity contribution in [3.8, 4) is 0 Å². The SMILES string of the molecule is CC(C)(C)OC(=O)NCCC(=O)N=C1S[C@@H]2CS(=O)(=O)C[C@@H]2N1c1ccccc1. The molecule has 0 unspecified atom stereocenters. The highest BCUT2D eigenvalue weighted by Gasteiger charge is 2.49. The molecule has 0 spiro atoms. The van der Waals surface area contributed by atoms with Gasteiger partial charge in [0.05, 0.1) is 17.5 Å². The highest BCUT2D eigenvalue weighted by Crippen LogP contribution is 2.40. The molecule has 1 aromatic carbocycles. The third kappa shape index (κ3) is 5.72. The molecule has 29 heavy (non-hydrogen) atoms. The van der Waals surface area contributed by atoms with E-state index in [1.807, 2.05) is 35.2 Å². The van der Waals surface area contributed by atoms with Crippen molar-refractivity contribution in [2.45, 2.75) is 44.1 Å². The normalized spacial score (nSPS) is 24.4. The minimum Gasteiger partial charge on any atom is -0.444 e. The fraction of sp³-hybridized carbons (Fsp3) is 0.526. The van der Waals surface area contributed by atoms with E-state index in [1.54, 1.807) is 20.8 Å². The molecule has 0 radical (unpaired) electrons. The highest BCUT2D eigenvalue weighted by atomic mass is 32.2. The van der Waals surface area contributed by atoms with Gasteiger partial charge in [0.25, 0.3) is 0 Å². The molecule has 8 nitrogen and oxygen atoms in total. The van der Waals surface area contributed by atoms with E-state index in [4.69, 9.17) is 4.74 Å². The van der Waals surface area contributed by atoms with Crippen LogP contribution < -0.4 is 10.2 Å². The molecule has 3 rings (SSSR count). The molecule has 0 saturated carbocycles. The third-order valence-corrected chi connectivity index (χ3v) is 7.54. The Balaban J connectivity index is 1.67. The van der Waals surface area contributed by atoms with Crippen molar-refractivity contribution in [3.05, 3.63) is 30.3 Å². The predicted molar refractivity (Wildman–Crippen MR) is 114 cm³/mol. The standard InChI is InChI=1S/C19H25N3O5S2/c1-19(2,3)27-18(24)20-10-9-16(23)21-17-22(13-7-5-4-6-8-13)14-11-29(25,26)12-15(14)28-17/h4-8,14-15H,9-12H2,1-3H3,(H,20,24)/t14-,15+/m0/s1. The molecule has 1 N–H and O–H groups in total. The van der Waals surface area contributed by atoms with Crippen LogP contribution in [-0.2, 0) is 19.4 Å². The van der Waals surface area contributed by atoms with Gasteiger partial charge in [-0.25, -0.2) is 13.2 Å². The van der Waals surface area contributed by atoms with Crippen LogP contribution in [0.25, 0.3) is 0 Å². The zero-order valence-electron chi connectivity index (χ0n) is 16.6. The Kier molecular flexibility index (Phi) is 6.23. The van der Waals surface area contributed by atoms with E-state index in [-0.39, 0.29) is 41.7 Å². The Morgan fingerprint density at radius 2 is 1.93 bits per heavy atom. The van der Waals surface area contributed by atoms with Crippen LogP contribution >= 0.6 is 11.8 Å². The summed E-state index contributed by atoms with van der Waals surface area (Å²) in [6, 6.07) is 9.11. The monoisotopic (exact) mass is 439 g/mol. The summed E-state index contributed by atoms with van der Waals surface area (Å²) in [4.78, 5) is 30.1. The Labute approximate surface area is 175 Å². The number of benzene rings is 1. The Morgan fingerprint density at radius 3 is 2.59 bits per heavy atom. The van der Waals surface area contributed by atoms with E-state index >= 15 is 0 Å². The summed E-state index contributed by atoms with van der Waals surface area (Å²) in [5.41, 5.74) is 0.200. The summed E-state index contributed by atoms with van der Waals surface area (Å²) in [6.07, 6.45) is -0.557. The Bertz CT molecular complexity index is 910. The second-order valence-corrected chi connectivity index (χ2v) is 11.3. The maximum atomic E-state index is 12.4. The van der Waals surface area contributed by atoms with Crippen LogP contribution in [0, 0.1) is 0 Å². The topological polar surface area (TPSA) is 105 Å². The second-order valence-electron chi connectivity index (χ2n) is 7.97. The van der Waals surface area contributed by atoms with Gasteiger partial charge in [-0.2, -0.15) is 4.99 Å². The van der Waals surface area contributed by atoms with Crippen LogP contribution in [-0.4, -0.2) is 60.5 Å². The van der Waals surface area contributed by atoms with Crippen LogP contribution in [0.2, 0.25) is 0 Å². The van der Waals surface area contributed by atoms with Gasteiger partial charge in [0.1, 0.15) is 5.60 Å². The fourth-order valence-corrected chi connectivity index (χ4v) is 7.13. The van der Waals surface area contributed by atoms with Crippen molar-refractivity contribution >= 4 is 44.5 Å². The van der Waals surface area contributed by atoms with E-state index in [0.29, 0.717) is 5.17 Å². The van der Waals surface area contributed by atoms with Gasteiger partial charge in [-0.15, -0.1) is 0 Å². The number of nitrogens with zero attached hydrogens (tertiary/aromatic N) is 2. The lowest BCUT2D eigenvalue weighted by atomic mass is 10.2. The molecule has 2 aliphatic rings.